The Morgan fingerprint density at radius 3 is 2.49 bits per heavy atom. The summed E-state index contributed by atoms with van der Waals surface area (Å²) in [6.07, 6.45) is 7.70. The molecule has 39 heavy (non-hydrogen) atoms. The molecule has 0 bridgehead atoms. The van der Waals surface area contributed by atoms with Crippen molar-refractivity contribution in [3.05, 3.63) is 64.7 Å². The van der Waals surface area contributed by atoms with Gasteiger partial charge in [0.05, 0.1) is 37.9 Å². The van der Waals surface area contributed by atoms with Gasteiger partial charge >= 0.3 is 0 Å². The van der Waals surface area contributed by atoms with Crippen LogP contribution in [0.5, 0.6) is 5.75 Å². The summed E-state index contributed by atoms with van der Waals surface area (Å²) in [5.74, 6) is 3.36. The highest BCUT2D eigenvalue weighted by Crippen LogP contribution is 2.68. The van der Waals surface area contributed by atoms with Gasteiger partial charge in [-0.1, -0.05) is 37.3 Å². The summed E-state index contributed by atoms with van der Waals surface area (Å²) in [7, 11) is 1.68. The first kappa shape index (κ1) is 26.8. The van der Waals surface area contributed by atoms with E-state index < -0.39 is 5.60 Å². The van der Waals surface area contributed by atoms with Gasteiger partial charge in [-0.05, 0) is 109 Å². The number of aliphatic hydroxyl groups is 1. The number of fused-ring (bicyclic) bond motifs is 5. The molecule has 1 unspecified atom stereocenters. The van der Waals surface area contributed by atoms with Crippen LogP contribution in [-0.4, -0.2) is 44.2 Å². The fourth-order valence-electron chi connectivity index (χ4n) is 8.51. The molecule has 5 heteroatoms. The van der Waals surface area contributed by atoms with Gasteiger partial charge in [-0.2, -0.15) is 5.26 Å². The SMILES string of the molecule is COCCOCCOc1ccc2c(c1)CC[C@@H]1C2[C@@H](c2ccc(C3CC3)cc2)C[C@@]2(C)[C@H]1CC[C@@]2(O)CC#N. The molecule has 0 radical (unpaired) electrons. The summed E-state index contributed by atoms with van der Waals surface area (Å²) < 4.78 is 16.6. The minimum atomic E-state index is -0.896. The molecular formula is C34H43NO4. The molecule has 0 saturated heterocycles. The van der Waals surface area contributed by atoms with Gasteiger partial charge in [0.25, 0.3) is 0 Å². The summed E-state index contributed by atoms with van der Waals surface area (Å²) in [6.45, 7) is 4.56. The molecule has 0 spiro atoms. The largest absolute Gasteiger partial charge is 0.491 e. The van der Waals surface area contributed by atoms with Crippen molar-refractivity contribution in [3.63, 3.8) is 0 Å². The van der Waals surface area contributed by atoms with Crippen LogP contribution < -0.4 is 4.74 Å². The topological polar surface area (TPSA) is 71.7 Å². The second-order valence-electron chi connectivity index (χ2n) is 12.7. The molecule has 0 aliphatic heterocycles. The number of nitrogens with zero attached hydrogens (tertiary/aromatic N) is 1. The van der Waals surface area contributed by atoms with Crippen molar-refractivity contribution in [2.24, 2.45) is 17.3 Å². The normalized spacial score (nSPS) is 33.1. The first-order valence-corrected chi connectivity index (χ1v) is 15.0. The second kappa shape index (κ2) is 10.9. The molecule has 6 rings (SSSR count). The van der Waals surface area contributed by atoms with E-state index in [0.29, 0.717) is 50.1 Å². The number of benzene rings is 2. The minimum absolute atomic E-state index is 0.233. The van der Waals surface area contributed by atoms with Crippen LogP contribution in [0, 0.1) is 28.6 Å². The third-order valence-electron chi connectivity index (χ3n) is 10.7. The van der Waals surface area contributed by atoms with Gasteiger partial charge in [-0.25, -0.2) is 0 Å². The number of methoxy groups -OCH3 is 1. The van der Waals surface area contributed by atoms with E-state index in [0.717, 1.165) is 43.8 Å². The molecule has 5 nitrogen and oxygen atoms in total. The van der Waals surface area contributed by atoms with E-state index >= 15 is 0 Å². The predicted molar refractivity (Wildman–Crippen MR) is 151 cm³/mol. The summed E-state index contributed by atoms with van der Waals surface area (Å²) in [5.41, 5.74) is 4.59. The van der Waals surface area contributed by atoms with Crippen LogP contribution in [0.15, 0.2) is 42.5 Å². The van der Waals surface area contributed by atoms with Crippen molar-refractivity contribution < 1.29 is 19.3 Å². The van der Waals surface area contributed by atoms with Crippen molar-refractivity contribution in [2.75, 3.05) is 33.5 Å². The summed E-state index contributed by atoms with van der Waals surface area (Å²) in [4.78, 5) is 0. The van der Waals surface area contributed by atoms with Crippen molar-refractivity contribution in [2.45, 2.75) is 81.6 Å². The number of aryl methyl sites for hydroxylation is 1. The zero-order valence-electron chi connectivity index (χ0n) is 23.5. The van der Waals surface area contributed by atoms with Crippen molar-refractivity contribution in [3.8, 4) is 11.8 Å². The van der Waals surface area contributed by atoms with Gasteiger partial charge in [0.2, 0.25) is 0 Å². The molecule has 4 aliphatic rings. The van der Waals surface area contributed by atoms with E-state index in [1.165, 1.54) is 35.1 Å². The van der Waals surface area contributed by atoms with Gasteiger partial charge in [0.15, 0.2) is 0 Å². The Kier molecular flexibility index (Phi) is 7.48. The summed E-state index contributed by atoms with van der Waals surface area (Å²) in [6, 6.07) is 18.5. The van der Waals surface area contributed by atoms with E-state index in [1.807, 2.05) is 0 Å². The van der Waals surface area contributed by atoms with Gasteiger partial charge in [0, 0.05) is 12.5 Å². The number of hydrogen-bond acceptors (Lipinski definition) is 5. The van der Waals surface area contributed by atoms with E-state index in [9.17, 15) is 10.4 Å². The maximum atomic E-state index is 11.9. The molecule has 3 saturated carbocycles. The fraction of sp³-hybridized carbons (Fsp3) is 0.618. The fourth-order valence-corrected chi connectivity index (χ4v) is 8.51. The summed E-state index contributed by atoms with van der Waals surface area (Å²) >= 11 is 0. The molecule has 0 heterocycles. The summed E-state index contributed by atoms with van der Waals surface area (Å²) in [5, 5.41) is 21.5. The Morgan fingerprint density at radius 2 is 1.74 bits per heavy atom. The standard InChI is InChI=1S/C34H43NO4/c1-33-22-30(25-7-5-24(6-8-25)23-3-4-23)32-28-12-10-27(39-20-19-38-18-17-37-2)21-26(28)9-11-29(32)31(33)13-14-34(33,36)15-16-35/h5-8,10,12,21,23,29-32,36H,3-4,9,11,13-15,17-20,22H2,1-2H3/t29-,30+,31-,32?,33-,34+/m0/s1. The predicted octanol–water partition coefficient (Wildman–Crippen LogP) is 6.50. The monoisotopic (exact) mass is 529 g/mol. The Balaban J connectivity index is 1.30. The third-order valence-corrected chi connectivity index (χ3v) is 10.7. The van der Waals surface area contributed by atoms with Gasteiger partial charge in [-0.15, -0.1) is 0 Å². The Hall–Kier alpha value is -2.39. The molecule has 0 aromatic heterocycles. The van der Waals surface area contributed by atoms with Crippen LogP contribution in [0.25, 0.3) is 0 Å². The maximum absolute atomic E-state index is 11.9. The van der Waals surface area contributed by atoms with Crippen molar-refractivity contribution in [1.82, 2.24) is 0 Å². The average molecular weight is 530 g/mol. The van der Waals surface area contributed by atoms with E-state index in [4.69, 9.17) is 14.2 Å². The lowest BCUT2D eigenvalue weighted by Gasteiger charge is -2.56. The quantitative estimate of drug-likeness (QED) is 0.356. The Labute approximate surface area is 233 Å². The van der Waals surface area contributed by atoms with Crippen LogP contribution in [0.1, 0.15) is 91.9 Å². The number of nitriles is 1. The van der Waals surface area contributed by atoms with Crippen LogP contribution >= 0.6 is 0 Å². The molecule has 6 atom stereocenters. The first-order valence-electron chi connectivity index (χ1n) is 15.0. The van der Waals surface area contributed by atoms with E-state index in [2.05, 4.69) is 55.5 Å². The number of hydrogen-bond donors (Lipinski definition) is 1. The van der Waals surface area contributed by atoms with Crippen LogP contribution in [0.2, 0.25) is 0 Å². The lowest BCUT2D eigenvalue weighted by atomic mass is 9.49. The third kappa shape index (κ3) is 4.90. The van der Waals surface area contributed by atoms with Crippen LogP contribution in [-0.2, 0) is 15.9 Å². The number of rotatable bonds is 10. The van der Waals surface area contributed by atoms with Crippen LogP contribution in [0.3, 0.4) is 0 Å². The molecule has 2 aromatic rings. The average Bonchev–Trinajstić information content (AvgIpc) is 3.76. The molecule has 3 fully saturated rings. The highest BCUT2D eigenvalue weighted by molar-refractivity contribution is 5.44. The lowest BCUT2D eigenvalue weighted by molar-refractivity contribution is -0.105. The molecule has 4 aliphatic carbocycles. The Bertz CT molecular complexity index is 1200. The molecular weight excluding hydrogens is 486 g/mol. The molecule has 0 amide bonds. The maximum Gasteiger partial charge on any atom is 0.119 e. The van der Waals surface area contributed by atoms with Gasteiger partial charge in [0.1, 0.15) is 12.4 Å². The molecule has 208 valence electrons. The number of ether oxygens (including phenoxy) is 3. The van der Waals surface area contributed by atoms with Crippen molar-refractivity contribution in [1.29, 1.82) is 5.26 Å². The first-order chi connectivity index (χ1) is 19.0. The van der Waals surface area contributed by atoms with Gasteiger partial charge in [-0.3, -0.25) is 0 Å². The van der Waals surface area contributed by atoms with E-state index in [1.54, 1.807) is 7.11 Å². The Morgan fingerprint density at radius 1 is 0.974 bits per heavy atom. The van der Waals surface area contributed by atoms with E-state index in [-0.39, 0.29) is 11.8 Å². The van der Waals surface area contributed by atoms with Gasteiger partial charge < -0.3 is 19.3 Å². The minimum Gasteiger partial charge on any atom is -0.491 e. The lowest BCUT2D eigenvalue weighted by Crippen LogP contribution is -2.52. The second-order valence-corrected chi connectivity index (χ2v) is 12.7. The van der Waals surface area contributed by atoms with Crippen molar-refractivity contribution >= 4 is 0 Å². The molecule has 2 aromatic carbocycles. The zero-order chi connectivity index (χ0) is 27.0. The smallest absolute Gasteiger partial charge is 0.119 e. The highest BCUT2D eigenvalue weighted by atomic mass is 16.5. The molecule has 1 N–H and O–H groups in total. The highest BCUT2D eigenvalue weighted by Gasteiger charge is 2.63. The zero-order valence-corrected chi connectivity index (χ0v) is 23.5. The van der Waals surface area contributed by atoms with Crippen LogP contribution in [0.4, 0.5) is 0 Å².